The van der Waals surface area contributed by atoms with E-state index in [-0.39, 0.29) is 17.9 Å². The number of amides is 2. The molecular weight excluding hydrogens is 362 g/mol. The van der Waals surface area contributed by atoms with Crippen molar-refractivity contribution in [1.82, 2.24) is 10.3 Å². The summed E-state index contributed by atoms with van der Waals surface area (Å²) in [5, 5.41) is 5.87. The lowest BCUT2D eigenvalue weighted by molar-refractivity contribution is 0.0939. The number of rotatable bonds is 6. The van der Waals surface area contributed by atoms with Crippen molar-refractivity contribution in [2.24, 2.45) is 0 Å². The Kier molecular flexibility index (Phi) is 6.39. The average Bonchev–Trinajstić information content (AvgIpc) is 2.74. The minimum Gasteiger partial charge on any atom is -0.346 e. The van der Waals surface area contributed by atoms with Gasteiger partial charge in [-0.3, -0.25) is 14.6 Å². The van der Waals surface area contributed by atoms with Gasteiger partial charge in [-0.15, -0.1) is 0 Å². The van der Waals surface area contributed by atoms with Gasteiger partial charge in [0.2, 0.25) is 0 Å². The van der Waals surface area contributed by atoms with Crippen molar-refractivity contribution in [2.75, 3.05) is 5.32 Å². The monoisotopic (exact) mass is 387 g/mol. The summed E-state index contributed by atoms with van der Waals surface area (Å²) in [6, 6.07) is 18.3. The SMILES string of the molecule is CC(C)c1ccc(C(=O)NC(C)c2ccc(NC(=O)c3ccncc3)cc2)cc1. The van der Waals surface area contributed by atoms with Crippen LogP contribution in [0.4, 0.5) is 5.69 Å². The molecule has 0 saturated carbocycles. The standard InChI is InChI=1S/C24H25N3O2/c1-16(2)18-4-6-20(7-5-18)23(28)26-17(3)19-8-10-22(11-9-19)27-24(29)21-12-14-25-15-13-21/h4-17H,1-3H3,(H,26,28)(H,27,29). The lowest BCUT2D eigenvalue weighted by Gasteiger charge is -2.15. The molecule has 5 heteroatoms. The van der Waals surface area contributed by atoms with Crippen LogP contribution in [-0.2, 0) is 0 Å². The van der Waals surface area contributed by atoms with Crippen LogP contribution in [0.2, 0.25) is 0 Å². The predicted molar refractivity (Wildman–Crippen MR) is 115 cm³/mol. The van der Waals surface area contributed by atoms with Crippen molar-refractivity contribution in [2.45, 2.75) is 32.7 Å². The van der Waals surface area contributed by atoms with Crippen LogP contribution in [0.5, 0.6) is 0 Å². The van der Waals surface area contributed by atoms with Crippen molar-refractivity contribution < 1.29 is 9.59 Å². The highest BCUT2D eigenvalue weighted by Gasteiger charge is 2.12. The normalized spacial score (nSPS) is 11.7. The second kappa shape index (κ2) is 9.15. The molecule has 0 bridgehead atoms. The van der Waals surface area contributed by atoms with Crippen LogP contribution in [-0.4, -0.2) is 16.8 Å². The number of nitrogens with one attached hydrogen (secondary N) is 2. The minimum atomic E-state index is -0.189. The largest absolute Gasteiger partial charge is 0.346 e. The van der Waals surface area contributed by atoms with Gasteiger partial charge in [-0.05, 0) is 60.4 Å². The highest BCUT2D eigenvalue weighted by Crippen LogP contribution is 2.18. The van der Waals surface area contributed by atoms with Crippen LogP contribution in [0.1, 0.15) is 64.6 Å². The fourth-order valence-corrected chi connectivity index (χ4v) is 2.94. The molecule has 148 valence electrons. The number of carbonyl (C=O) groups is 2. The summed E-state index contributed by atoms with van der Waals surface area (Å²) < 4.78 is 0. The molecule has 1 aromatic heterocycles. The van der Waals surface area contributed by atoms with E-state index in [4.69, 9.17) is 0 Å². The van der Waals surface area contributed by atoms with Gasteiger partial charge in [-0.2, -0.15) is 0 Å². The Morgan fingerprint density at radius 3 is 1.86 bits per heavy atom. The van der Waals surface area contributed by atoms with Crippen LogP contribution in [0.25, 0.3) is 0 Å². The second-order valence-electron chi connectivity index (χ2n) is 7.28. The van der Waals surface area contributed by atoms with Crippen LogP contribution >= 0.6 is 0 Å². The van der Waals surface area contributed by atoms with Crippen molar-refractivity contribution >= 4 is 17.5 Å². The molecule has 0 saturated heterocycles. The van der Waals surface area contributed by atoms with Crippen LogP contribution in [0, 0.1) is 0 Å². The van der Waals surface area contributed by atoms with Crippen LogP contribution in [0.15, 0.2) is 73.1 Å². The van der Waals surface area contributed by atoms with E-state index in [1.54, 1.807) is 24.5 Å². The first-order chi connectivity index (χ1) is 13.9. The number of pyridine rings is 1. The number of benzene rings is 2. The van der Waals surface area contributed by atoms with Crippen molar-refractivity contribution in [1.29, 1.82) is 0 Å². The lowest BCUT2D eigenvalue weighted by atomic mass is 10.0. The number of hydrogen-bond acceptors (Lipinski definition) is 3. The molecule has 2 amide bonds. The van der Waals surface area contributed by atoms with Gasteiger partial charge in [0, 0.05) is 29.2 Å². The first kappa shape index (κ1) is 20.3. The molecule has 0 aliphatic rings. The summed E-state index contributed by atoms with van der Waals surface area (Å²) in [5.41, 5.74) is 4.05. The molecule has 2 aromatic carbocycles. The molecule has 0 fully saturated rings. The van der Waals surface area contributed by atoms with E-state index in [0.717, 1.165) is 5.56 Å². The zero-order valence-corrected chi connectivity index (χ0v) is 16.8. The fraction of sp³-hybridized carbons (Fsp3) is 0.208. The number of aromatic nitrogens is 1. The van der Waals surface area contributed by atoms with Gasteiger partial charge in [0.15, 0.2) is 0 Å². The van der Waals surface area contributed by atoms with Crippen LogP contribution in [0.3, 0.4) is 0 Å². The summed E-state index contributed by atoms with van der Waals surface area (Å²) in [4.78, 5) is 28.6. The molecule has 29 heavy (non-hydrogen) atoms. The zero-order chi connectivity index (χ0) is 20.8. The molecule has 3 rings (SSSR count). The molecule has 0 aliphatic heterocycles. The third-order valence-electron chi connectivity index (χ3n) is 4.80. The van der Waals surface area contributed by atoms with E-state index in [0.29, 0.717) is 22.7 Å². The number of carbonyl (C=O) groups excluding carboxylic acids is 2. The molecule has 3 aromatic rings. The summed E-state index contributed by atoms with van der Waals surface area (Å²) in [6.45, 7) is 6.19. The van der Waals surface area contributed by atoms with E-state index in [2.05, 4.69) is 29.5 Å². The Morgan fingerprint density at radius 1 is 0.724 bits per heavy atom. The molecule has 0 radical (unpaired) electrons. The van der Waals surface area contributed by atoms with Gasteiger partial charge in [-0.25, -0.2) is 0 Å². The summed E-state index contributed by atoms with van der Waals surface area (Å²) in [5.74, 6) is 0.137. The Balaban J connectivity index is 1.60. The number of hydrogen-bond donors (Lipinski definition) is 2. The quantitative estimate of drug-likeness (QED) is 0.629. The fourth-order valence-electron chi connectivity index (χ4n) is 2.94. The lowest BCUT2D eigenvalue weighted by Crippen LogP contribution is -2.26. The first-order valence-corrected chi connectivity index (χ1v) is 9.66. The highest BCUT2D eigenvalue weighted by atomic mass is 16.2. The van der Waals surface area contributed by atoms with E-state index < -0.39 is 0 Å². The Bertz CT molecular complexity index is 965. The molecule has 5 nitrogen and oxygen atoms in total. The van der Waals surface area contributed by atoms with Gasteiger partial charge in [0.1, 0.15) is 0 Å². The van der Waals surface area contributed by atoms with Gasteiger partial charge < -0.3 is 10.6 Å². The van der Waals surface area contributed by atoms with Gasteiger partial charge in [0.05, 0.1) is 6.04 Å². The highest BCUT2D eigenvalue weighted by molar-refractivity contribution is 6.04. The van der Waals surface area contributed by atoms with E-state index in [1.807, 2.05) is 55.5 Å². The average molecular weight is 387 g/mol. The molecule has 0 spiro atoms. The first-order valence-electron chi connectivity index (χ1n) is 9.66. The van der Waals surface area contributed by atoms with Crippen molar-refractivity contribution in [3.63, 3.8) is 0 Å². The minimum absolute atomic E-state index is 0.108. The molecular formula is C24H25N3O2. The van der Waals surface area contributed by atoms with Crippen molar-refractivity contribution in [3.05, 3.63) is 95.3 Å². The maximum absolute atomic E-state index is 12.5. The summed E-state index contributed by atoms with van der Waals surface area (Å²) >= 11 is 0. The summed E-state index contributed by atoms with van der Waals surface area (Å²) in [7, 11) is 0. The third-order valence-corrected chi connectivity index (χ3v) is 4.80. The molecule has 1 heterocycles. The molecule has 1 unspecified atom stereocenters. The Hall–Kier alpha value is -3.47. The third kappa shape index (κ3) is 5.29. The second-order valence-corrected chi connectivity index (χ2v) is 7.28. The molecule has 1 atom stereocenters. The number of nitrogens with zero attached hydrogens (tertiary/aromatic N) is 1. The van der Waals surface area contributed by atoms with Gasteiger partial charge in [0.25, 0.3) is 11.8 Å². The predicted octanol–water partition coefficient (Wildman–Crippen LogP) is 4.95. The smallest absolute Gasteiger partial charge is 0.255 e. The van der Waals surface area contributed by atoms with Gasteiger partial charge >= 0.3 is 0 Å². The maximum atomic E-state index is 12.5. The van der Waals surface area contributed by atoms with Crippen LogP contribution < -0.4 is 10.6 Å². The topological polar surface area (TPSA) is 71.1 Å². The number of anilines is 1. The van der Waals surface area contributed by atoms with Gasteiger partial charge in [-0.1, -0.05) is 38.1 Å². The molecule has 2 N–H and O–H groups in total. The Morgan fingerprint density at radius 2 is 1.28 bits per heavy atom. The van der Waals surface area contributed by atoms with E-state index in [1.165, 1.54) is 5.56 Å². The van der Waals surface area contributed by atoms with E-state index in [9.17, 15) is 9.59 Å². The zero-order valence-electron chi connectivity index (χ0n) is 16.8. The van der Waals surface area contributed by atoms with Crippen molar-refractivity contribution in [3.8, 4) is 0 Å². The molecule has 0 aliphatic carbocycles. The van der Waals surface area contributed by atoms with E-state index >= 15 is 0 Å². The Labute approximate surface area is 171 Å². The summed E-state index contributed by atoms with van der Waals surface area (Å²) in [6.07, 6.45) is 3.16. The maximum Gasteiger partial charge on any atom is 0.255 e.